The fourth-order valence-electron chi connectivity index (χ4n) is 2.31. The fraction of sp³-hybridized carbons (Fsp3) is 0.529. The summed E-state index contributed by atoms with van der Waals surface area (Å²) in [5.41, 5.74) is 0.582. The molecule has 120 valence electrons. The van der Waals surface area contributed by atoms with Crippen molar-refractivity contribution in [2.24, 2.45) is 11.3 Å². The van der Waals surface area contributed by atoms with Gasteiger partial charge in [-0.25, -0.2) is 0 Å². The number of hydrogen-bond acceptors (Lipinski definition) is 2. The standard InChI is InChI=1S/C17H23ClN2O2/c1-11(2)7-10-19-15(21)17(8-9-17)16(22)20-14-6-4-5-13(18)12(14)3/h4-6,11H,7-10H2,1-3H3,(H,19,21)(H,20,22). The molecule has 0 aromatic heterocycles. The number of rotatable bonds is 6. The normalized spacial score (nSPS) is 15.5. The first kappa shape index (κ1) is 16.8. The number of benzene rings is 1. The van der Waals surface area contributed by atoms with E-state index < -0.39 is 5.41 Å². The lowest BCUT2D eigenvalue weighted by atomic mass is 10.0. The summed E-state index contributed by atoms with van der Waals surface area (Å²) in [7, 11) is 0. The number of carbonyl (C=O) groups is 2. The van der Waals surface area contributed by atoms with Gasteiger partial charge in [-0.3, -0.25) is 9.59 Å². The second-order valence-electron chi connectivity index (χ2n) is 6.39. The quantitative estimate of drug-likeness (QED) is 0.787. The van der Waals surface area contributed by atoms with Gasteiger partial charge in [0, 0.05) is 17.3 Å². The van der Waals surface area contributed by atoms with Crippen LogP contribution in [0.3, 0.4) is 0 Å². The van der Waals surface area contributed by atoms with Gasteiger partial charge < -0.3 is 10.6 Å². The summed E-state index contributed by atoms with van der Waals surface area (Å²) in [5.74, 6) is 0.128. The molecule has 0 atom stereocenters. The summed E-state index contributed by atoms with van der Waals surface area (Å²) < 4.78 is 0. The molecular formula is C17H23ClN2O2. The highest BCUT2D eigenvalue weighted by molar-refractivity contribution is 6.31. The van der Waals surface area contributed by atoms with Crippen molar-refractivity contribution < 1.29 is 9.59 Å². The summed E-state index contributed by atoms with van der Waals surface area (Å²) in [6.07, 6.45) is 2.12. The highest BCUT2D eigenvalue weighted by Crippen LogP contribution is 2.47. The molecule has 1 aliphatic rings. The first-order chi connectivity index (χ1) is 10.4. The molecule has 1 fully saturated rings. The van der Waals surface area contributed by atoms with Crippen LogP contribution in [0.1, 0.15) is 38.7 Å². The Morgan fingerprint density at radius 3 is 2.55 bits per heavy atom. The van der Waals surface area contributed by atoms with E-state index in [-0.39, 0.29) is 11.8 Å². The molecule has 0 radical (unpaired) electrons. The molecule has 22 heavy (non-hydrogen) atoms. The summed E-state index contributed by atoms with van der Waals surface area (Å²) in [4.78, 5) is 24.8. The molecule has 0 spiro atoms. The van der Waals surface area contributed by atoms with Crippen LogP contribution in [0.2, 0.25) is 5.02 Å². The van der Waals surface area contributed by atoms with Gasteiger partial charge >= 0.3 is 0 Å². The Labute approximate surface area is 136 Å². The van der Waals surface area contributed by atoms with Crippen molar-refractivity contribution in [1.29, 1.82) is 0 Å². The summed E-state index contributed by atoms with van der Waals surface area (Å²) in [6, 6.07) is 5.36. The highest BCUT2D eigenvalue weighted by atomic mass is 35.5. The lowest BCUT2D eigenvalue weighted by Gasteiger charge is -2.17. The van der Waals surface area contributed by atoms with Crippen molar-refractivity contribution in [2.75, 3.05) is 11.9 Å². The predicted octanol–water partition coefficient (Wildman–Crippen LogP) is 3.53. The van der Waals surface area contributed by atoms with Crippen molar-refractivity contribution in [1.82, 2.24) is 5.32 Å². The van der Waals surface area contributed by atoms with Crippen molar-refractivity contribution in [3.8, 4) is 0 Å². The third-order valence-electron chi connectivity index (χ3n) is 4.14. The zero-order valence-electron chi connectivity index (χ0n) is 13.3. The summed E-state index contributed by atoms with van der Waals surface area (Å²) in [5, 5.41) is 6.33. The largest absolute Gasteiger partial charge is 0.355 e. The highest BCUT2D eigenvalue weighted by Gasteiger charge is 2.56. The SMILES string of the molecule is Cc1c(Cl)cccc1NC(=O)C1(C(=O)NCCC(C)C)CC1. The number of anilines is 1. The molecule has 2 rings (SSSR count). The Morgan fingerprint density at radius 2 is 1.95 bits per heavy atom. The van der Waals surface area contributed by atoms with Crippen LogP contribution in [-0.2, 0) is 9.59 Å². The lowest BCUT2D eigenvalue weighted by Crippen LogP contribution is -2.40. The van der Waals surface area contributed by atoms with Crippen LogP contribution in [0.15, 0.2) is 18.2 Å². The van der Waals surface area contributed by atoms with Crippen LogP contribution in [-0.4, -0.2) is 18.4 Å². The van der Waals surface area contributed by atoms with Gasteiger partial charge in [0.05, 0.1) is 0 Å². The molecule has 1 saturated carbocycles. The molecule has 0 bridgehead atoms. The number of halogens is 1. The molecule has 0 saturated heterocycles. The molecule has 1 aliphatic carbocycles. The van der Waals surface area contributed by atoms with Crippen LogP contribution >= 0.6 is 11.6 Å². The van der Waals surface area contributed by atoms with Crippen molar-refractivity contribution in [2.45, 2.75) is 40.0 Å². The molecule has 4 nitrogen and oxygen atoms in total. The third-order valence-corrected chi connectivity index (χ3v) is 4.55. The van der Waals surface area contributed by atoms with Gasteiger partial charge in [0.25, 0.3) is 0 Å². The van der Waals surface area contributed by atoms with Gasteiger partial charge in [-0.15, -0.1) is 0 Å². The predicted molar refractivity (Wildman–Crippen MR) is 89.0 cm³/mol. The molecule has 2 amide bonds. The molecule has 0 unspecified atom stereocenters. The summed E-state index contributed by atoms with van der Waals surface area (Å²) >= 11 is 6.06. The van der Waals surface area contributed by atoms with Crippen LogP contribution in [0.4, 0.5) is 5.69 Å². The van der Waals surface area contributed by atoms with Crippen LogP contribution in [0.25, 0.3) is 0 Å². The number of carbonyl (C=O) groups excluding carboxylic acids is 2. The average molecular weight is 323 g/mol. The van der Waals surface area contributed by atoms with Crippen molar-refractivity contribution in [3.63, 3.8) is 0 Å². The summed E-state index contributed by atoms with van der Waals surface area (Å²) in [6.45, 7) is 6.67. The Morgan fingerprint density at radius 1 is 1.27 bits per heavy atom. The van der Waals surface area contributed by atoms with E-state index in [0.717, 1.165) is 12.0 Å². The van der Waals surface area contributed by atoms with Gasteiger partial charge in [0.15, 0.2) is 0 Å². The smallest absolute Gasteiger partial charge is 0.240 e. The minimum Gasteiger partial charge on any atom is -0.355 e. The van der Waals surface area contributed by atoms with E-state index in [0.29, 0.717) is 36.0 Å². The monoisotopic (exact) mass is 322 g/mol. The topological polar surface area (TPSA) is 58.2 Å². The Kier molecular flexibility index (Phi) is 5.12. The van der Waals surface area contributed by atoms with E-state index in [2.05, 4.69) is 24.5 Å². The van der Waals surface area contributed by atoms with Crippen LogP contribution < -0.4 is 10.6 Å². The molecule has 0 aliphatic heterocycles. The zero-order chi connectivity index (χ0) is 16.3. The van der Waals surface area contributed by atoms with E-state index in [1.165, 1.54) is 0 Å². The molecule has 1 aromatic carbocycles. The van der Waals surface area contributed by atoms with E-state index >= 15 is 0 Å². The maximum absolute atomic E-state index is 12.5. The van der Waals surface area contributed by atoms with Gasteiger partial charge in [-0.05, 0) is 49.8 Å². The molecule has 5 heteroatoms. The average Bonchev–Trinajstić information content (AvgIpc) is 3.25. The first-order valence-corrected chi connectivity index (χ1v) is 8.09. The van der Waals surface area contributed by atoms with Crippen molar-refractivity contribution >= 4 is 29.1 Å². The maximum Gasteiger partial charge on any atom is 0.240 e. The Bertz CT molecular complexity index is 580. The molecule has 0 heterocycles. The van der Waals surface area contributed by atoms with E-state index in [1.807, 2.05) is 6.92 Å². The van der Waals surface area contributed by atoms with Crippen LogP contribution in [0.5, 0.6) is 0 Å². The van der Waals surface area contributed by atoms with Crippen LogP contribution in [0, 0.1) is 18.3 Å². The second-order valence-corrected chi connectivity index (χ2v) is 6.79. The molecular weight excluding hydrogens is 300 g/mol. The molecule has 2 N–H and O–H groups in total. The maximum atomic E-state index is 12.5. The third kappa shape index (κ3) is 3.61. The van der Waals surface area contributed by atoms with Gasteiger partial charge in [-0.2, -0.15) is 0 Å². The zero-order valence-corrected chi connectivity index (χ0v) is 14.1. The van der Waals surface area contributed by atoms with Gasteiger partial charge in [0.2, 0.25) is 11.8 Å². The Balaban J connectivity index is 1.99. The number of hydrogen-bond donors (Lipinski definition) is 2. The minimum absolute atomic E-state index is 0.162. The Hall–Kier alpha value is -1.55. The number of amides is 2. The lowest BCUT2D eigenvalue weighted by molar-refractivity contribution is -0.134. The van der Waals surface area contributed by atoms with Gasteiger partial charge in [-0.1, -0.05) is 31.5 Å². The number of nitrogens with one attached hydrogen (secondary N) is 2. The molecule has 1 aromatic rings. The second kappa shape index (κ2) is 6.69. The van der Waals surface area contributed by atoms with E-state index in [4.69, 9.17) is 11.6 Å². The van der Waals surface area contributed by atoms with E-state index in [9.17, 15) is 9.59 Å². The minimum atomic E-state index is -0.897. The van der Waals surface area contributed by atoms with E-state index in [1.54, 1.807) is 18.2 Å². The van der Waals surface area contributed by atoms with Gasteiger partial charge in [0.1, 0.15) is 5.41 Å². The first-order valence-electron chi connectivity index (χ1n) is 7.71. The van der Waals surface area contributed by atoms with Crippen molar-refractivity contribution in [3.05, 3.63) is 28.8 Å². The fourth-order valence-corrected chi connectivity index (χ4v) is 2.49.